The van der Waals surface area contributed by atoms with Crippen LogP contribution in [0.2, 0.25) is 5.15 Å². The van der Waals surface area contributed by atoms with Crippen molar-refractivity contribution in [2.75, 3.05) is 13.1 Å². The predicted octanol–water partition coefficient (Wildman–Crippen LogP) is 3.37. The van der Waals surface area contributed by atoms with Crippen LogP contribution in [0.15, 0.2) is 41.2 Å². The van der Waals surface area contributed by atoms with Crippen molar-refractivity contribution in [1.29, 1.82) is 0 Å². The van der Waals surface area contributed by atoms with Crippen molar-refractivity contribution in [2.45, 2.75) is 32.4 Å². The van der Waals surface area contributed by atoms with Crippen LogP contribution in [0.5, 0.6) is 0 Å². The van der Waals surface area contributed by atoms with E-state index in [4.69, 9.17) is 16.6 Å². The molecule has 0 unspecified atom stereocenters. The van der Waals surface area contributed by atoms with Crippen LogP contribution in [-0.4, -0.2) is 32.5 Å². The molecule has 2 aliphatic rings. The van der Waals surface area contributed by atoms with Crippen molar-refractivity contribution in [1.82, 2.24) is 19.4 Å². The summed E-state index contributed by atoms with van der Waals surface area (Å²) in [6, 6.07) is 11.6. The van der Waals surface area contributed by atoms with Gasteiger partial charge in [-0.15, -0.1) is 0 Å². The molecule has 5 nitrogen and oxygen atoms in total. The molecule has 27 heavy (non-hydrogen) atoms. The van der Waals surface area contributed by atoms with E-state index < -0.39 is 0 Å². The Morgan fingerprint density at radius 2 is 1.96 bits per heavy atom. The van der Waals surface area contributed by atoms with Gasteiger partial charge in [0.25, 0.3) is 5.56 Å². The van der Waals surface area contributed by atoms with E-state index in [1.807, 2.05) is 22.8 Å². The molecule has 2 aliphatic heterocycles. The molecule has 2 atom stereocenters. The lowest BCUT2D eigenvalue weighted by molar-refractivity contribution is 0.112. The molecule has 0 amide bonds. The fourth-order valence-electron chi connectivity index (χ4n) is 4.70. The second-order valence-corrected chi connectivity index (χ2v) is 8.15. The van der Waals surface area contributed by atoms with Gasteiger partial charge in [0, 0.05) is 42.7 Å². The number of piperidine rings is 1. The summed E-state index contributed by atoms with van der Waals surface area (Å²) in [7, 11) is 0. The average molecular weight is 381 g/mol. The molecule has 1 aromatic carbocycles. The van der Waals surface area contributed by atoms with Crippen LogP contribution in [0.25, 0.3) is 10.9 Å². The van der Waals surface area contributed by atoms with Gasteiger partial charge in [0.15, 0.2) is 0 Å². The molecule has 1 fully saturated rings. The van der Waals surface area contributed by atoms with E-state index in [0.717, 1.165) is 54.0 Å². The smallest absolute Gasteiger partial charge is 0.250 e. The van der Waals surface area contributed by atoms with Gasteiger partial charge in [0.2, 0.25) is 0 Å². The molecular weight excluding hydrogens is 360 g/mol. The highest BCUT2D eigenvalue weighted by molar-refractivity contribution is 6.34. The predicted molar refractivity (Wildman–Crippen MR) is 106 cm³/mol. The Hall–Kier alpha value is -2.24. The highest BCUT2D eigenvalue weighted by Gasteiger charge is 2.34. The Morgan fingerprint density at radius 1 is 1.11 bits per heavy atom. The van der Waals surface area contributed by atoms with E-state index in [1.54, 1.807) is 6.07 Å². The number of likely N-dealkylation sites (tertiary alicyclic amines) is 1. The lowest BCUT2D eigenvalue weighted by Gasteiger charge is -2.42. The van der Waals surface area contributed by atoms with E-state index in [1.165, 1.54) is 0 Å². The Labute approximate surface area is 162 Å². The van der Waals surface area contributed by atoms with Gasteiger partial charge < -0.3 is 4.57 Å². The number of fused-ring (bicyclic) bond motifs is 5. The van der Waals surface area contributed by atoms with Gasteiger partial charge in [-0.1, -0.05) is 29.8 Å². The average Bonchev–Trinajstić information content (AvgIpc) is 2.64. The molecule has 2 bridgehead atoms. The van der Waals surface area contributed by atoms with Crippen molar-refractivity contribution in [3.05, 3.63) is 69.0 Å². The maximum absolute atomic E-state index is 12.2. The van der Waals surface area contributed by atoms with Crippen molar-refractivity contribution in [2.24, 2.45) is 5.92 Å². The van der Waals surface area contributed by atoms with Gasteiger partial charge in [-0.2, -0.15) is 0 Å². The van der Waals surface area contributed by atoms with Crippen molar-refractivity contribution in [3.8, 4) is 0 Å². The minimum absolute atomic E-state index is 0.121. The number of rotatable bonds is 2. The maximum atomic E-state index is 12.2. The molecule has 0 aliphatic carbocycles. The Morgan fingerprint density at radius 3 is 2.85 bits per heavy atom. The first-order valence-corrected chi connectivity index (χ1v) is 9.80. The summed E-state index contributed by atoms with van der Waals surface area (Å²) in [5.74, 6) is 1.66. The zero-order valence-electron chi connectivity index (χ0n) is 15.2. The molecule has 2 aromatic heterocycles. The molecule has 0 radical (unpaired) electrons. The Balaban J connectivity index is 1.44. The lowest BCUT2D eigenvalue weighted by atomic mass is 9.83. The highest BCUT2D eigenvalue weighted by Crippen LogP contribution is 2.35. The van der Waals surface area contributed by atoms with E-state index >= 15 is 0 Å². The number of hydrogen-bond donors (Lipinski definition) is 0. The van der Waals surface area contributed by atoms with Crippen LogP contribution in [0.4, 0.5) is 0 Å². The third kappa shape index (κ3) is 2.95. The standard InChI is InChI=1S/C21H21ClN4O/c1-13-4-2-5-16-20(13)23-18(24-21(16)22)12-25-9-14-8-15(11-25)17-6-3-7-19(27)26(17)10-14/h2-7,14-15H,8-12H2,1H3/t14-,15+/m1/s1. The fourth-order valence-corrected chi connectivity index (χ4v) is 4.95. The summed E-state index contributed by atoms with van der Waals surface area (Å²) in [5, 5.41) is 1.43. The maximum Gasteiger partial charge on any atom is 0.250 e. The normalized spacial score (nSPS) is 22.0. The first-order valence-electron chi connectivity index (χ1n) is 9.42. The molecule has 3 aromatic rings. The number of aromatic nitrogens is 3. The summed E-state index contributed by atoms with van der Waals surface area (Å²) < 4.78 is 1.96. The molecule has 6 heteroatoms. The monoisotopic (exact) mass is 380 g/mol. The summed E-state index contributed by atoms with van der Waals surface area (Å²) in [6.45, 7) is 5.43. The largest absolute Gasteiger partial charge is 0.312 e. The minimum Gasteiger partial charge on any atom is -0.312 e. The third-order valence-corrected chi connectivity index (χ3v) is 6.14. The van der Waals surface area contributed by atoms with Gasteiger partial charge in [-0.05, 0) is 37.0 Å². The quantitative estimate of drug-likeness (QED) is 0.639. The first-order chi connectivity index (χ1) is 13.1. The van der Waals surface area contributed by atoms with E-state index in [0.29, 0.717) is 23.5 Å². The summed E-state index contributed by atoms with van der Waals surface area (Å²) in [5.41, 5.74) is 3.33. The molecule has 138 valence electrons. The Kier molecular flexibility index (Phi) is 4.02. The molecular formula is C21H21ClN4O. The summed E-state index contributed by atoms with van der Waals surface area (Å²) in [4.78, 5) is 23.9. The number of pyridine rings is 1. The summed E-state index contributed by atoms with van der Waals surface area (Å²) in [6.07, 6.45) is 1.15. The zero-order valence-corrected chi connectivity index (χ0v) is 16.0. The van der Waals surface area contributed by atoms with Gasteiger partial charge in [-0.25, -0.2) is 9.97 Å². The van der Waals surface area contributed by atoms with Crippen molar-refractivity contribution in [3.63, 3.8) is 0 Å². The first kappa shape index (κ1) is 16.9. The van der Waals surface area contributed by atoms with Crippen LogP contribution in [0.3, 0.4) is 0 Å². The number of benzene rings is 1. The Bertz CT molecular complexity index is 1090. The second-order valence-electron chi connectivity index (χ2n) is 7.79. The van der Waals surface area contributed by atoms with Gasteiger partial charge in [0.1, 0.15) is 11.0 Å². The zero-order chi connectivity index (χ0) is 18.5. The molecule has 4 heterocycles. The topological polar surface area (TPSA) is 51.0 Å². The van der Waals surface area contributed by atoms with E-state index in [2.05, 4.69) is 28.9 Å². The number of halogens is 1. The molecule has 0 spiro atoms. The number of hydrogen-bond acceptors (Lipinski definition) is 4. The lowest BCUT2D eigenvalue weighted by Crippen LogP contribution is -2.46. The van der Waals surface area contributed by atoms with Crippen LogP contribution < -0.4 is 5.56 Å². The molecule has 0 saturated carbocycles. The van der Waals surface area contributed by atoms with Crippen LogP contribution >= 0.6 is 11.6 Å². The minimum atomic E-state index is 0.121. The molecule has 0 N–H and O–H groups in total. The van der Waals surface area contributed by atoms with E-state index in [9.17, 15) is 4.79 Å². The van der Waals surface area contributed by atoms with Crippen LogP contribution in [0.1, 0.15) is 29.4 Å². The van der Waals surface area contributed by atoms with E-state index in [-0.39, 0.29) is 5.56 Å². The van der Waals surface area contributed by atoms with Gasteiger partial charge in [-0.3, -0.25) is 9.69 Å². The number of nitrogens with zero attached hydrogens (tertiary/aromatic N) is 4. The third-order valence-electron chi connectivity index (χ3n) is 5.85. The van der Waals surface area contributed by atoms with Gasteiger partial charge in [0.05, 0.1) is 12.1 Å². The fraction of sp³-hybridized carbons (Fsp3) is 0.381. The van der Waals surface area contributed by atoms with Crippen molar-refractivity contribution < 1.29 is 0 Å². The molecule has 1 saturated heterocycles. The second kappa shape index (κ2) is 6.43. The van der Waals surface area contributed by atoms with Crippen LogP contribution in [-0.2, 0) is 13.1 Å². The number of para-hydroxylation sites is 1. The van der Waals surface area contributed by atoms with Crippen LogP contribution in [0, 0.1) is 12.8 Å². The SMILES string of the molecule is Cc1cccc2c(Cl)nc(CN3C[C@H]4C[C@@H](C3)c3cccc(=O)n3C4)nc12. The van der Waals surface area contributed by atoms with Gasteiger partial charge >= 0.3 is 0 Å². The van der Waals surface area contributed by atoms with Crippen molar-refractivity contribution >= 4 is 22.5 Å². The summed E-state index contributed by atoms with van der Waals surface area (Å²) >= 11 is 6.42. The number of aryl methyl sites for hydroxylation is 1. The molecule has 5 rings (SSSR count). The highest BCUT2D eigenvalue weighted by atomic mass is 35.5.